The summed E-state index contributed by atoms with van der Waals surface area (Å²) in [5.41, 5.74) is 1.86. The molecule has 1 aromatic carbocycles. The molecule has 1 atom stereocenters. The molecule has 3 rings (SSSR count). The van der Waals surface area contributed by atoms with Gasteiger partial charge in [0, 0.05) is 13.1 Å². The molecule has 0 aromatic heterocycles. The first kappa shape index (κ1) is 11.8. The summed E-state index contributed by atoms with van der Waals surface area (Å²) in [7, 11) is 0. The molecule has 2 amide bonds. The Balaban J connectivity index is 1.99. The van der Waals surface area contributed by atoms with Gasteiger partial charge in [0.05, 0.1) is 11.4 Å². The van der Waals surface area contributed by atoms with Crippen molar-refractivity contribution in [1.29, 1.82) is 0 Å². The smallest absolute Gasteiger partial charge is 0.334 e. The molecule has 1 unspecified atom stereocenters. The van der Waals surface area contributed by atoms with Crippen molar-refractivity contribution in [2.24, 2.45) is 4.99 Å². The summed E-state index contributed by atoms with van der Waals surface area (Å²) in [5, 5.41) is 6.55. The second-order valence-corrected chi connectivity index (χ2v) is 4.40. The van der Waals surface area contributed by atoms with E-state index in [9.17, 15) is 4.79 Å². The molecule has 19 heavy (non-hydrogen) atoms. The molecule has 6 heteroatoms. The lowest BCUT2D eigenvalue weighted by Crippen LogP contribution is -2.66. The zero-order chi connectivity index (χ0) is 13.4. The van der Waals surface area contributed by atoms with E-state index in [4.69, 9.17) is 0 Å². The van der Waals surface area contributed by atoms with Gasteiger partial charge in [0.2, 0.25) is 5.96 Å². The standard InChI is InChI=1S/C13H17N5O/c1-3-14-11-16-12-15-9-7-5-6-8-10(9)18(12)13(19)17(11)4-2/h5-8,12,15H,3-4H2,1-2H3,(H,14,16). The Morgan fingerprint density at radius 3 is 2.79 bits per heavy atom. The maximum Gasteiger partial charge on any atom is 0.334 e. The monoisotopic (exact) mass is 259 g/mol. The van der Waals surface area contributed by atoms with E-state index in [1.807, 2.05) is 38.1 Å². The number of hydrogen-bond acceptors (Lipinski definition) is 3. The third-order valence-electron chi connectivity index (χ3n) is 3.30. The van der Waals surface area contributed by atoms with Crippen LogP contribution in [0.4, 0.5) is 16.2 Å². The van der Waals surface area contributed by atoms with Gasteiger partial charge in [-0.1, -0.05) is 12.1 Å². The van der Waals surface area contributed by atoms with Gasteiger partial charge in [-0.2, -0.15) is 0 Å². The van der Waals surface area contributed by atoms with Gasteiger partial charge in [0.25, 0.3) is 0 Å². The molecule has 1 fully saturated rings. The molecule has 0 spiro atoms. The fourth-order valence-corrected chi connectivity index (χ4v) is 2.46. The number of carbonyl (C=O) groups is 1. The highest BCUT2D eigenvalue weighted by atomic mass is 16.2. The number of guanidine groups is 1. The second kappa shape index (κ2) is 4.46. The molecule has 0 radical (unpaired) electrons. The Morgan fingerprint density at radius 2 is 2.05 bits per heavy atom. The lowest BCUT2D eigenvalue weighted by molar-refractivity contribution is 0.220. The minimum atomic E-state index is -0.252. The van der Waals surface area contributed by atoms with Crippen molar-refractivity contribution < 1.29 is 4.79 Å². The van der Waals surface area contributed by atoms with E-state index < -0.39 is 0 Å². The summed E-state index contributed by atoms with van der Waals surface area (Å²) in [4.78, 5) is 20.3. The number of anilines is 2. The first-order valence-electron chi connectivity index (χ1n) is 6.53. The van der Waals surface area contributed by atoms with Gasteiger partial charge < -0.3 is 10.6 Å². The second-order valence-electron chi connectivity index (χ2n) is 4.40. The number of nitrogens with zero attached hydrogens (tertiary/aromatic N) is 3. The van der Waals surface area contributed by atoms with Gasteiger partial charge >= 0.3 is 6.03 Å². The Hall–Kier alpha value is -2.24. The maximum atomic E-state index is 12.6. The lowest BCUT2D eigenvalue weighted by Gasteiger charge is -2.38. The Labute approximate surface area is 112 Å². The highest BCUT2D eigenvalue weighted by Crippen LogP contribution is 2.35. The Bertz CT molecular complexity index is 542. The Morgan fingerprint density at radius 1 is 1.26 bits per heavy atom. The van der Waals surface area contributed by atoms with Gasteiger partial charge in [0.15, 0.2) is 6.29 Å². The van der Waals surface area contributed by atoms with Crippen LogP contribution in [0.5, 0.6) is 0 Å². The van der Waals surface area contributed by atoms with E-state index in [0.717, 1.165) is 11.4 Å². The molecule has 1 aromatic rings. The molecule has 0 aliphatic carbocycles. The quantitative estimate of drug-likeness (QED) is 0.848. The first-order chi connectivity index (χ1) is 9.26. The number of urea groups is 1. The van der Waals surface area contributed by atoms with Gasteiger partial charge in [-0.25, -0.2) is 4.79 Å². The van der Waals surface area contributed by atoms with E-state index in [2.05, 4.69) is 15.6 Å². The largest absolute Gasteiger partial charge is 0.346 e. The van der Waals surface area contributed by atoms with Crippen LogP contribution >= 0.6 is 0 Å². The molecule has 2 heterocycles. The number of nitrogens with one attached hydrogen (secondary N) is 2. The summed E-state index contributed by atoms with van der Waals surface area (Å²) in [6.07, 6.45) is -0.252. The molecular formula is C13H17N5O. The van der Waals surface area contributed by atoms with Crippen molar-refractivity contribution >= 4 is 23.4 Å². The predicted molar refractivity (Wildman–Crippen MR) is 75.2 cm³/mol. The fraction of sp³-hybridized carbons (Fsp3) is 0.385. The molecule has 2 aliphatic rings. The molecule has 100 valence electrons. The summed E-state index contributed by atoms with van der Waals surface area (Å²) < 4.78 is 0. The topological polar surface area (TPSA) is 60.0 Å². The molecular weight excluding hydrogens is 242 g/mol. The van der Waals surface area contributed by atoms with Crippen LogP contribution in [0.2, 0.25) is 0 Å². The normalized spacial score (nSPS) is 22.9. The molecule has 0 saturated carbocycles. The van der Waals surface area contributed by atoms with Gasteiger partial charge in [0.1, 0.15) is 0 Å². The van der Waals surface area contributed by atoms with Crippen molar-refractivity contribution in [2.75, 3.05) is 23.3 Å². The average molecular weight is 259 g/mol. The van der Waals surface area contributed by atoms with E-state index >= 15 is 0 Å². The number of amides is 2. The number of para-hydroxylation sites is 2. The number of benzene rings is 1. The van der Waals surface area contributed by atoms with Crippen LogP contribution < -0.4 is 15.5 Å². The van der Waals surface area contributed by atoms with Crippen LogP contribution in [0.1, 0.15) is 13.8 Å². The number of hydrogen-bond donors (Lipinski definition) is 2. The Kier molecular flexibility index (Phi) is 2.77. The van der Waals surface area contributed by atoms with Gasteiger partial charge in [-0.3, -0.25) is 14.8 Å². The van der Waals surface area contributed by atoms with Crippen molar-refractivity contribution in [3.05, 3.63) is 24.3 Å². The lowest BCUT2D eigenvalue weighted by atomic mass is 10.3. The summed E-state index contributed by atoms with van der Waals surface area (Å²) >= 11 is 0. The van der Waals surface area contributed by atoms with Crippen molar-refractivity contribution in [2.45, 2.75) is 20.1 Å². The third-order valence-corrected chi connectivity index (χ3v) is 3.30. The van der Waals surface area contributed by atoms with Crippen LogP contribution in [0, 0.1) is 0 Å². The van der Waals surface area contributed by atoms with Crippen LogP contribution in [0.3, 0.4) is 0 Å². The van der Waals surface area contributed by atoms with Crippen LogP contribution in [0.15, 0.2) is 29.3 Å². The SMILES string of the molecule is CCN=C1NC2Nc3ccccc3N2C(=O)N1CC. The van der Waals surface area contributed by atoms with Crippen LogP contribution in [-0.4, -0.2) is 36.3 Å². The molecule has 1 saturated heterocycles. The van der Waals surface area contributed by atoms with Gasteiger partial charge in [-0.05, 0) is 26.0 Å². The molecule has 6 nitrogen and oxygen atoms in total. The summed E-state index contributed by atoms with van der Waals surface area (Å²) in [5.74, 6) is 0.636. The average Bonchev–Trinajstić information content (AvgIpc) is 2.77. The fourth-order valence-electron chi connectivity index (χ4n) is 2.46. The van der Waals surface area contributed by atoms with E-state index in [1.54, 1.807) is 9.80 Å². The van der Waals surface area contributed by atoms with E-state index in [-0.39, 0.29) is 12.3 Å². The van der Waals surface area contributed by atoms with Crippen molar-refractivity contribution in [3.63, 3.8) is 0 Å². The van der Waals surface area contributed by atoms with Crippen LogP contribution in [0.25, 0.3) is 0 Å². The number of rotatable bonds is 2. The van der Waals surface area contributed by atoms with Gasteiger partial charge in [-0.15, -0.1) is 0 Å². The zero-order valence-electron chi connectivity index (χ0n) is 11.1. The minimum absolute atomic E-state index is 0.0455. The van der Waals surface area contributed by atoms with Crippen molar-refractivity contribution in [1.82, 2.24) is 10.2 Å². The number of aliphatic imine (C=N–C) groups is 1. The number of carbonyl (C=O) groups excluding carboxylic acids is 1. The third kappa shape index (κ3) is 1.71. The van der Waals surface area contributed by atoms with E-state index in [0.29, 0.717) is 19.0 Å². The maximum absolute atomic E-state index is 12.6. The minimum Gasteiger partial charge on any atom is -0.346 e. The zero-order valence-corrected chi connectivity index (χ0v) is 11.1. The summed E-state index contributed by atoms with van der Waals surface area (Å²) in [6.45, 7) is 5.14. The summed E-state index contributed by atoms with van der Waals surface area (Å²) in [6, 6.07) is 7.75. The highest BCUT2D eigenvalue weighted by molar-refractivity contribution is 6.10. The first-order valence-corrected chi connectivity index (χ1v) is 6.53. The molecule has 2 N–H and O–H groups in total. The predicted octanol–water partition coefficient (Wildman–Crippen LogP) is 1.62. The van der Waals surface area contributed by atoms with Crippen LogP contribution in [-0.2, 0) is 0 Å². The molecule has 2 aliphatic heterocycles. The number of fused-ring (bicyclic) bond motifs is 3. The molecule has 0 bridgehead atoms. The highest BCUT2D eigenvalue weighted by Gasteiger charge is 2.41. The van der Waals surface area contributed by atoms with E-state index in [1.165, 1.54) is 0 Å². The van der Waals surface area contributed by atoms with Crippen molar-refractivity contribution in [3.8, 4) is 0 Å².